The first-order valence-corrected chi connectivity index (χ1v) is 7.03. The van der Waals surface area contributed by atoms with Gasteiger partial charge in [-0.25, -0.2) is 0 Å². The lowest BCUT2D eigenvalue weighted by Crippen LogP contribution is -2.46. The van der Waals surface area contributed by atoms with E-state index in [1.165, 1.54) is 37.3 Å². The van der Waals surface area contributed by atoms with Crippen molar-refractivity contribution in [2.24, 2.45) is 5.73 Å². The number of hydrogen-bond donors (Lipinski definition) is 1. The number of nitrogens with zero attached hydrogens (tertiary/aromatic N) is 2. The fourth-order valence-corrected chi connectivity index (χ4v) is 2.53. The maximum atomic E-state index is 5.87. The molecule has 100 valence electrons. The molecule has 1 atom stereocenters. The van der Waals surface area contributed by atoms with Gasteiger partial charge in [-0.05, 0) is 37.6 Å². The van der Waals surface area contributed by atoms with Crippen LogP contribution in [0, 0.1) is 0 Å². The predicted octanol–water partition coefficient (Wildman–Crippen LogP) is 2.24. The van der Waals surface area contributed by atoms with Crippen molar-refractivity contribution in [3.8, 4) is 0 Å². The lowest BCUT2D eigenvalue weighted by atomic mass is 10.1. The van der Waals surface area contributed by atoms with E-state index in [0.29, 0.717) is 0 Å². The van der Waals surface area contributed by atoms with E-state index < -0.39 is 0 Å². The monoisotopic (exact) mass is 247 g/mol. The molecule has 0 saturated carbocycles. The highest BCUT2D eigenvalue weighted by molar-refractivity contribution is 5.48. The number of nitrogens with two attached hydrogens (primary N) is 1. The Morgan fingerprint density at radius 3 is 2.22 bits per heavy atom. The molecule has 1 aromatic rings. The maximum Gasteiger partial charge on any atom is 0.0367 e. The van der Waals surface area contributed by atoms with Gasteiger partial charge in [-0.1, -0.05) is 19.1 Å². The normalized spacial score (nSPS) is 18.9. The minimum absolute atomic E-state index is 0.125. The average molecular weight is 247 g/mol. The van der Waals surface area contributed by atoms with Gasteiger partial charge in [0.2, 0.25) is 0 Å². The van der Waals surface area contributed by atoms with Crippen LogP contribution in [-0.2, 0) is 0 Å². The summed E-state index contributed by atoms with van der Waals surface area (Å²) in [5, 5.41) is 0. The number of hydrogen-bond acceptors (Lipinski definition) is 3. The first kappa shape index (κ1) is 13.4. The number of benzene rings is 1. The van der Waals surface area contributed by atoms with Gasteiger partial charge in [0.05, 0.1) is 0 Å². The Morgan fingerprint density at radius 2 is 1.72 bits per heavy atom. The Labute approximate surface area is 111 Å². The molecule has 0 radical (unpaired) electrons. The van der Waals surface area contributed by atoms with Crippen LogP contribution in [0.2, 0.25) is 0 Å². The second-order valence-electron chi connectivity index (χ2n) is 5.21. The molecule has 18 heavy (non-hydrogen) atoms. The molecular weight excluding hydrogens is 222 g/mol. The van der Waals surface area contributed by atoms with E-state index in [1.807, 2.05) is 6.92 Å². The van der Waals surface area contributed by atoms with Gasteiger partial charge >= 0.3 is 0 Å². The van der Waals surface area contributed by atoms with Crippen LogP contribution < -0.4 is 10.6 Å². The lowest BCUT2D eigenvalue weighted by Gasteiger charge is -2.36. The van der Waals surface area contributed by atoms with E-state index in [4.69, 9.17) is 5.73 Å². The smallest absolute Gasteiger partial charge is 0.0367 e. The second kappa shape index (κ2) is 6.21. The molecule has 1 aliphatic heterocycles. The highest BCUT2D eigenvalue weighted by atomic mass is 15.3. The van der Waals surface area contributed by atoms with Gasteiger partial charge in [0, 0.05) is 37.9 Å². The van der Waals surface area contributed by atoms with Crippen molar-refractivity contribution in [1.29, 1.82) is 0 Å². The summed E-state index contributed by atoms with van der Waals surface area (Å²) in [5.74, 6) is 0. The van der Waals surface area contributed by atoms with E-state index in [-0.39, 0.29) is 6.04 Å². The third kappa shape index (κ3) is 3.24. The first-order valence-electron chi connectivity index (χ1n) is 7.03. The van der Waals surface area contributed by atoms with E-state index >= 15 is 0 Å². The van der Waals surface area contributed by atoms with Crippen LogP contribution in [0.1, 0.15) is 31.9 Å². The standard InChI is InChI=1S/C15H25N3/c1-3-8-17-9-11-18(12-10-17)15-6-4-14(5-7-15)13(2)16/h4-7,13H,3,8-12,16H2,1-2H3/t13-/m0/s1. The van der Waals surface area contributed by atoms with Crippen LogP contribution in [0.4, 0.5) is 5.69 Å². The molecule has 2 N–H and O–H groups in total. The molecule has 3 nitrogen and oxygen atoms in total. The molecular formula is C15H25N3. The third-order valence-electron chi connectivity index (χ3n) is 3.70. The Morgan fingerprint density at radius 1 is 1.11 bits per heavy atom. The zero-order valence-corrected chi connectivity index (χ0v) is 11.6. The third-order valence-corrected chi connectivity index (χ3v) is 3.70. The minimum atomic E-state index is 0.125. The molecule has 0 aromatic heterocycles. The molecule has 0 aliphatic carbocycles. The van der Waals surface area contributed by atoms with Gasteiger partial charge < -0.3 is 10.6 Å². The van der Waals surface area contributed by atoms with Crippen molar-refractivity contribution in [2.45, 2.75) is 26.3 Å². The molecule has 0 amide bonds. The van der Waals surface area contributed by atoms with Crippen LogP contribution in [0.15, 0.2) is 24.3 Å². The summed E-state index contributed by atoms with van der Waals surface area (Å²) in [6.45, 7) is 10.1. The number of anilines is 1. The van der Waals surface area contributed by atoms with E-state index in [1.54, 1.807) is 0 Å². The fraction of sp³-hybridized carbons (Fsp3) is 0.600. The quantitative estimate of drug-likeness (QED) is 0.885. The molecule has 1 fully saturated rings. The number of rotatable bonds is 4. The Bertz CT molecular complexity index is 351. The summed E-state index contributed by atoms with van der Waals surface area (Å²) >= 11 is 0. The molecule has 1 aromatic carbocycles. The minimum Gasteiger partial charge on any atom is -0.369 e. The van der Waals surface area contributed by atoms with Crippen LogP contribution in [0.3, 0.4) is 0 Å². The van der Waals surface area contributed by atoms with Crippen molar-refractivity contribution in [2.75, 3.05) is 37.6 Å². The molecule has 1 heterocycles. The Balaban J connectivity index is 1.93. The summed E-state index contributed by atoms with van der Waals surface area (Å²) in [6.07, 6.45) is 1.25. The van der Waals surface area contributed by atoms with E-state index in [9.17, 15) is 0 Å². The lowest BCUT2D eigenvalue weighted by molar-refractivity contribution is 0.258. The molecule has 1 aliphatic rings. The van der Waals surface area contributed by atoms with Gasteiger partial charge in [-0.2, -0.15) is 0 Å². The van der Waals surface area contributed by atoms with Crippen LogP contribution >= 0.6 is 0 Å². The van der Waals surface area contributed by atoms with Crippen molar-refractivity contribution in [3.05, 3.63) is 29.8 Å². The van der Waals surface area contributed by atoms with Crippen LogP contribution in [0.25, 0.3) is 0 Å². The first-order chi connectivity index (χ1) is 8.70. The predicted molar refractivity (Wildman–Crippen MR) is 78.0 cm³/mol. The molecule has 0 unspecified atom stereocenters. The summed E-state index contributed by atoms with van der Waals surface area (Å²) < 4.78 is 0. The summed E-state index contributed by atoms with van der Waals surface area (Å²) in [5.41, 5.74) is 8.41. The zero-order chi connectivity index (χ0) is 13.0. The van der Waals surface area contributed by atoms with Crippen LogP contribution in [-0.4, -0.2) is 37.6 Å². The Hall–Kier alpha value is -1.06. The Kier molecular flexibility index (Phi) is 4.61. The van der Waals surface area contributed by atoms with Gasteiger partial charge in [0.25, 0.3) is 0 Å². The molecule has 2 rings (SSSR count). The largest absolute Gasteiger partial charge is 0.369 e. The van der Waals surface area contributed by atoms with Crippen LogP contribution in [0.5, 0.6) is 0 Å². The van der Waals surface area contributed by atoms with Gasteiger partial charge in [0.15, 0.2) is 0 Å². The van der Waals surface area contributed by atoms with Gasteiger partial charge in [-0.3, -0.25) is 4.90 Å². The summed E-state index contributed by atoms with van der Waals surface area (Å²) in [6, 6.07) is 8.83. The summed E-state index contributed by atoms with van der Waals surface area (Å²) in [4.78, 5) is 5.02. The topological polar surface area (TPSA) is 32.5 Å². The molecule has 0 bridgehead atoms. The zero-order valence-electron chi connectivity index (χ0n) is 11.6. The fourth-order valence-electron chi connectivity index (χ4n) is 2.53. The van der Waals surface area contributed by atoms with Crippen molar-refractivity contribution in [3.63, 3.8) is 0 Å². The van der Waals surface area contributed by atoms with Crippen molar-refractivity contribution >= 4 is 5.69 Å². The van der Waals surface area contributed by atoms with Crippen molar-refractivity contribution < 1.29 is 0 Å². The van der Waals surface area contributed by atoms with Crippen molar-refractivity contribution in [1.82, 2.24) is 4.90 Å². The van der Waals surface area contributed by atoms with Gasteiger partial charge in [-0.15, -0.1) is 0 Å². The highest BCUT2D eigenvalue weighted by Gasteiger charge is 2.16. The van der Waals surface area contributed by atoms with Gasteiger partial charge in [0.1, 0.15) is 0 Å². The number of piperazine rings is 1. The average Bonchev–Trinajstić information content (AvgIpc) is 2.40. The van der Waals surface area contributed by atoms with E-state index in [0.717, 1.165) is 13.1 Å². The van der Waals surface area contributed by atoms with E-state index in [2.05, 4.69) is 41.0 Å². The summed E-state index contributed by atoms with van der Waals surface area (Å²) in [7, 11) is 0. The molecule has 1 saturated heterocycles. The highest BCUT2D eigenvalue weighted by Crippen LogP contribution is 2.19. The second-order valence-corrected chi connectivity index (χ2v) is 5.21. The molecule has 3 heteroatoms. The molecule has 0 spiro atoms. The maximum absolute atomic E-state index is 5.87. The SMILES string of the molecule is CCCN1CCN(c2ccc([C@H](C)N)cc2)CC1.